The van der Waals surface area contributed by atoms with E-state index in [1.54, 1.807) is 0 Å². The normalized spacial score (nSPS) is 23.3. The average Bonchev–Trinajstić information content (AvgIpc) is 2.57. The number of aliphatic hydroxyl groups excluding tert-OH is 1. The largest absolute Gasteiger partial charge is 0.454 e. The lowest BCUT2D eigenvalue weighted by Gasteiger charge is -2.10. The summed E-state index contributed by atoms with van der Waals surface area (Å²) in [6.45, 7) is 3.34. The summed E-state index contributed by atoms with van der Waals surface area (Å²) in [5.41, 5.74) is 1.74. The van der Waals surface area contributed by atoms with E-state index in [4.69, 9.17) is 4.74 Å². The maximum absolute atomic E-state index is 11.1. The Labute approximate surface area is 88.0 Å². The number of benzene rings is 1. The molecule has 0 radical (unpaired) electrons. The van der Waals surface area contributed by atoms with Crippen molar-refractivity contribution in [2.24, 2.45) is 0 Å². The van der Waals surface area contributed by atoms with Crippen molar-refractivity contribution in [1.82, 2.24) is 0 Å². The van der Waals surface area contributed by atoms with Crippen LogP contribution in [-0.2, 0) is 9.53 Å². The van der Waals surface area contributed by atoms with Gasteiger partial charge in [-0.3, -0.25) is 0 Å². The number of hydrogen-bond acceptors (Lipinski definition) is 3. The molecule has 15 heavy (non-hydrogen) atoms. The molecule has 0 amide bonds. The Hall–Kier alpha value is -1.61. The molecule has 1 aromatic rings. The van der Waals surface area contributed by atoms with Crippen LogP contribution in [0.25, 0.3) is 0 Å². The lowest BCUT2D eigenvalue weighted by Crippen LogP contribution is -2.06. The fourth-order valence-electron chi connectivity index (χ4n) is 1.86. The first kappa shape index (κ1) is 9.93. The van der Waals surface area contributed by atoms with Crippen LogP contribution in [0.1, 0.15) is 29.8 Å². The molecule has 0 saturated carbocycles. The van der Waals surface area contributed by atoms with Gasteiger partial charge in [0.2, 0.25) is 0 Å². The van der Waals surface area contributed by atoms with Gasteiger partial charge in [0, 0.05) is 12.5 Å². The molecule has 0 aromatic heterocycles. The van der Waals surface area contributed by atoms with Gasteiger partial charge < -0.3 is 9.84 Å². The minimum atomic E-state index is -0.538. The molecule has 1 aliphatic carbocycles. The Morgan fingerprint density at radius 2 is 2.13 bits per heavy atom. The first-order valence-corrected chi connectivity index (χ1v) is 4.82. The Kier molecular flexibility index (Phi) is 2.56. The molecule has 0 saturated heterocycles. The monoisotopic (exact) mass is 204 g/mol. The number of carbonyl (C=O) groups excluding carboxylic acids is 1. The third kappa shape index (κ3) is 1.78. The van der Waals surface area contributed by atoms with Gasteiger partial charge in [0.15, 0.2) is 0 Å². The molecule has 0 aliphatic heterocycles. The highest BCUT2D eigenvalue weighted by Crippen LogP contribution is 2.40. The third-order valence-electron chi connectivity index (χ3n) is 2.56. The lowest BCUT2D eigenvalue weighted by molar-refractivity contribution is -0.143. The van der Waals surface area contributed by atoms with Crippen molar-refractivity contribution in [2.75, 3.05) is 0 Å². The van der Waals surface area contributed by atoms with Crippen molar-refractivity contribution in [3.63, 3.8) is 0 Å². The fourth-order valence-corrected chi connectivity index (χ4v) is 1.86. The van der Waals surface area contributed by atoms with E-state index in [2.05, 4.69) is 6.58 Å². The Morgan fingerprint density at radius 3 is 2.80 bits per heavy atom. The van der Waals surface area contributed by atoms with Gasteiger partial charge in [-0.05, 0) is 11.1 Å². The summed E-state index contributed by atoms with van der Waals surface area (Å²) in [7, 11) is 0. The van der Waals surface area contributed by atoms with Gasteiger partial charge >= 0.3 is 5.97 Å². The lowest BCUT2D eigenvalue weighted by atomic mass is 10.1. The van der Waals surface area contributed by atoms with E-state index in [0.717, 1.165) is 17.2 Å². The number of fused-ring (bicyclic) bond motifs is 1. The highest BCUT2D eigenvalue weighted by atomic mass is 16.5. The van der Waals surface area contributed by atoms with Crippen LogP contribution >= 0.6 is 0 Å². The van der Waals surface area contributed by atoms with Crippen LogP contribution < -0.4 is 0 Å². The molecule has 3 nitrogen and oxygen atoms in total. The zero-order chi connectivity index (χ0) is 10.8. The summed E-state index contributed by atoms with van der Waals surface area (Å²) in [5, 5.41) is 9.72. The number of rotatable bonds is 2. The van der Waals surface area contributed by atoms with Crippen LogP contribution in [0.2, 0.25) is 0 Å². The van der Waals surface area contributed by atoms with Crippen LogP contribution in [0.4, 0.5) is 0 Å². The molecule has 1 aliphatic rings. The molecule has 1 N–H and O–H groups in total. The molecule has 0 heterocycles. The highest BCUT2D eigenvalue weighted by molar-refractivity contribution is 5.81. The Bertz CT molecular complexity index is 398. The van der Waals surface area contributed by atoms with Crippen molar-refractivity contribution in [3.8, 4) is 0 Å². The van der Waals surface area contributed by atoms with Crippen molar-refractivity contribution < 1.29 is 14.6 Å². The molecule has 2 rings (SSSR count). The zero-order valence-electron chi connectivity index (χ0n) is 8.22. The smallest absolute Gasteiger partial charge is 0.330 e. The topological polar surface area (TPSA) is 46.5 Å². The first-order valence-electron chi connectivity index (χ1n) is 4.82. The minimum Gasteiger partial charge on any atom is -0.454 e. The maximum atomic E-state index is 11.1. The van der Waals surface area contributed by atoms with E-state index in [-0.39, 0.29) is 6.10 Å². The Morgan fingerprint density at radius 1 is 1.47 bits per heavy atom. The third-order valence-corrected chi connectivity index (χ3v) is 2.56. The van der Waals surface area contributed by atoms with Crippen molar-refractivity contribution in [3.05, 3.63) is 48.0 Å². The predicted octanol–water partition coefficient (Wildman–Crippen LogP) is 1.89. The SMILES string of the molecule is C=CC(=O)OC1CC(O)c2ccccc21. The predicted molar refractivity (Wildman–Crippen MR) is 55.0 cm³/mol. The van der Waals surface area contributed by atoms with Gasteiger partial charge in [0.1, 0.15) is 6.10 Å². The van der Waals surface area contributed by atoms with Crippen LogP contribution in [0.3, 0.4) is 0 Å². The van der Waals surface area contributed by atoms with Crippen LogP contribution in [0, 0.1) is 0 Å². The highest BCUT2D eigenvalue weighted by Gasteiger charge is 2.31. The van der Waals surface area contributed by atoms with Crippen LogP contribution in [0.15, 0.2) is 36.9 Å². The number of esters is 1. The van der Waals surface area contributed by atoms with E-state index in [1.807, 2.05) is 24.3 Å². The summed E-state index contributed by atoms with van der Waals surface area (Å²) in [6, 6.07) is 7.44. The van der Waals surface area contributed by atoms with E-state index < -0.39 is 12.1 Å². The summed E-state index contributed by atoms with van der Waals surface area (Å²) < 4.78 is 5.14. The van der Waals surface area contributed by atoms with Gasteiger partial charge in [0.05, 0.1) is 6.10 Å². The van der Waals surface area contributed by atoms with Gasteiger partial charge in [-0.1, -0.05) is 30.8 Å². The fraction of sp³-hybridized carbons (Fsp3) is 0.250. The van der Waals surface area contributed by atoms with Crippen molar-refractivity contribution in [1.29, 1.82) is 0 Å². The zero-order valence-corrected chi connectivity index (χ0v) is 8.22. The second-order valence-corrected chi connectivity index (χ2v) is 3.51. The summed E-state index contributed by atoms with van der Waals surface area (Å²) in [6.07, 6.45) is 0.678. The number of aliphatic hydroxyl groups is 1. The van der Waals surface area contributed by atoms with Crippen LogP contribution in [0.5, 0.6) is 0 Å². The van der Waals surface area contributed by atoms with Crippen molar-refractivity contribution >= 4 is 5.97 Å². The molecule has 0 spiro atoms. The number of carbonyl (C=O) groups is 1. The van der Waals surface area contributed by atoms with Gasteiger partial charge in [0.25, 0.3) is 0 Å². The summed E-state index contributed by atoms with van der Waals surface area (Å²) in [5.74, 6) is -0.455. The molecular formula is C12H12O3. The van der Waals surface area contributed by atoms with E-state index in [1.165, 1.54) is 0 Å². The molecule has 2 unspecified atom stereocenters. The van der Waals surface area contributed by atoms with E-state index in [0.29, 0.717) is 6.42 Å². The average molecular weight is 204 g/mol. The van der Waals surface area contributed by atoms with Gasteiger partial charge in [-0.2, -0.15) is 0 Å². The molecule has 2 atom stereocenters. The second kappa shape index (κ2) is 3.87. The van der Waals surface area contributed by atoms with Gasteiger partial charge in [-0.25, -0.2) is 4.79 Å². The molecule has 0 bridgehead atoms. The van der Waals surface area contributed by atoms with E-state index in [9.17, 15) is 9.90 Å². The summed E-state index contributed by atoms with van der Waals surface area (Å²) in [4.78, 5) is 11.1. The van der Waals surface area contributed by atoms with Crippen molar-refractivity contribution in [2.45, 2.75) is 18.6 Å². The molecule has 1 aromatic carbocycles. The second-order valence-electron chi connectivity index (χ2n) is 3.51. The quantitative estimate of drug-likeness (QED) is 0.591. The standard InChI is InChI=1S/C12H12O3/c1-2-12(14)15-11-7-10(13)8-5-3-4-6-9(8)11/h2-6,10-11,13H,1,7H2. The van der Waals surface area contributed by atoms with Crippen LogP contribution in [-0.4, -0.2) is 11.1 Å². The van der Waals surface area contributed by atoms with E-state index >= 15 is 0 Å². The molecular weight excluding hydrogens is 192 g/mol. The minimum absolute atomic E-state index is 0.346. The maximum Gasteiger partial charge on any atom is 0.330 e. The molecule has 78 valence electrons. The first-order chi connectivity index (χ1) is 7.22. The van der Waals surface area contributed by atoms with Gasteiger partial charge in [-0.15, -0.1) is 0 Å². The Balaban J connectivity index is 2.24. The number of hydrogen-bond donors (Lipinski definition) is 1. The molecule has 0 fully saturated rings. The number of ether oxygens (including phenoxy) is 1. The molecule has 3 heteroatoms. The summed E-state index contributed by atoms with van der Waals surface area (Å²) >= 11 is 0.